The fourth-order valence-electron chi connectivity index (χ4n) is 5.45. The quantitative estimate of drug-likeness (QED) is 0.272. The van der Waals surface area contributed by atoms with Crippen molar-refractivity contribution in [2.75, 3.05) is 24.2 Å². The summed E-state index contributed by atoms with van der Waals surface area (Å²) in [4.78, 5) is 48.1. The predicted molar refractivity (Wildman–Crippen MR) is 170 cm³/mol. The molecule has 1 atom stereocenters. The number of nitrogens with one attached hydrogen (secondary N) is 4. The molecule has 0 saturated carbocycles. The number of fused-ring (bicyclic) bond motifs is 10. The number of amides is 2. The van der Waals surface area contributed by atoms with Crippen molar-refractivity contribution in [3.63, 3.8) is 0 Å². The third-order valence-corrected chi connectivity index (χ3v) is 10.1. The molecule has 4 N–H and O–H groups in total. The van der Waals surface area contributed by atoms with Crippen molar-refractivity contribution in [2.24, 2.45) is 0 Å². The van der Waals surface area contributed by atoms with Gasteiger partial charge in [0.1, 0.15) is 6.04 Å². The zero-order chi connectivity index (χ0) is 31.8. The van der Waals surface area contributed by atoms with Gasteiger partial charge in [0.2, 0.25) is 11.8 Å². The minimum Gasteiger partial charge on any atom is -0.370 e. The van der Waals surface area contributed by atoms with E-state index >= 15 is 0 Å². The highest BCUT2D eigenvalue weighted by Crippen LogP contribution is 2.28. The summed E-state index contributed by atoms with van der Waals surface area (Å²) in [5.41, 5.74) is 5.19. The Morgan fingerprint density at radius 2 is 1.70 bits per heavy atom. The molecule has 4 bridgehead atoms. The molecular formula is C32H36N6O5S. The highest BCUT2D eigenvalue weighted by atomic mass is 32.2. The van der Waals surface area contributed by atoms with Crippen molar-refractivity contribution in [3.05, 3.63) is 93.0 Å². The molecular weight excluding hydrogens is 580 g/mol. The van der Waals surface area contributed by atoms with Gasteiger partial charge in [-0.15, -0.1) is 0 Å². The Morgan fingerprint density at radius 3 is 2.41 bits per heavy atom. The summed E-state index contributed by atoms with van der Waals surface area (Å²) in [6.07, 6.45) is 1.34. The Morgan fingerprint density at radius 1 is 0.977 bits per heavy atom. The predicted octanol–water partition coefficient (Wildman–Crippen LogP) is 3.58. The van der Waals surface area contributed by atoms with Crippen LogP contribution in [0.2, 0.25) is 0 Å². The van der Waals surface area contributed by atoms with Crippen LogP contribution in [-0.2, 0) is 32.5 Å². The van der Waals surface area contributed by atoms with Crippen LogP contribution in [-0.4, -0.2) is 53.9 Å². The zero-order valence-electron chi connectivity index (χ0n) is 25.3. The van der Waals surface area contributed by atoms with Crippen LogP contribution in [0.15, 0.2) is 64.5 Å². The number of benzene rings is 3. The number of hydrogen-bond acceptors (Lipinski definition) is 8. The second-order valence-corrected chi connectivity index (χ2v) is 14.0. The van der Waals surface area contributed by atoms with E-state index in [2.05, 4.69) is 25.9 Å². The van der Waals surface area contributed by atoms with E-state index in [1.165, 1.54) is 12.4 Å². The average molecular weight is 617 g/mol. The fourth-order valence-corrected chi connectivity index (χ4v) is 6.71. The molecule has 6 rings (SSSR count). The van der Waals surface area contributed by atoms with Gasteiger partial charge in [0.25, 0.3) is 5.56 Å². The van der Waals surface area contributed by atoms with Crippen LogP contribution in [0.4, 0.5) is 11.4 Å². The van der Waals surface area contributed by atoms with Crippen LogP contribution in [0.25, 0.3) is 10.9 Å². The second-order valence-electron chi connectivity index (χ2n) is 11.5. The second kappa shape index (κ2) is 12.2. The van der Waals surface area contributed by atoms with Crippen LogP contribution in [0, 0.1) is 13.8 Å². The normalized spacial score (nSPS) is 16.6. The van der Waals surface area contributed by atoms with E-state index in [0.29, 0.717) is 39.9 Å². The first kappa shape index (κ1) is 30.9. The van der Waals surface area contributed by atoms with E-state index in [4.69, 9.17) is 0 Å². The molecule has 3 aromatic carbocycles. The largest absolute Gasteiger partial charge is 0.370 e. The highest BCUT2D eigenvalue weighted by molar-refractivity contribution is 7.92. The number of carbonyl (C=O) groups excluding carboxylic acids is 2. The van der Waals surface area contributed by atoms with Gasteiger partial charge in [-0.05, 0) is 99.0 Å². The van der Waals surface area contributed by atoms with Gasteiger partial charge in [0.05, 0.1) is 33.9 Å². The zero-order valence-corrected chi connectivity index (χ0v) is 26.1. The number of H-pyrrole nitrogens is 1. The van der Waals surface area contributed by atoms with Gasteiger partial charge in [-0.3, -0.25) is 19.3 Å². The Hall–Kier alpha value is -4.55. The van der Waals surface area contributed by atoms with Crippen molar-refractivity contribution in [2.45, 2.75) is 57.0 Å². The van der Waals surface area contributed by atoms with E-state index in [1.54, 1.807) is 44.2 Å². The molecule has 0 radical (unpaired) electrons. The Balaban J connectivity index is 1.60. The summed E-state index contributed by atoms with van der Waals surface area (Å²) in [6, 6.07) is 12.7. The maximum absolute atomic E-state index is 14.0. The number of aryl methyl sites for hydroxylation is 2. The van der Waals surface area contributed by atoms with E-state index in [9.17, 15) is 22.8 Å². The third-order valence-electron chi connectivity index (χ3n) is 7.83. The maximum Gasteiger partial charge on any atom is 0.258 e. The van der Waals surface area contributed by atoms with Crippen LogP contribution >= 0.6 is 0 Å². The Kier molecular flexibility index (Phi) is 8.57. The number of hydrogen-bond donors (Lipinski definition) is 4. The molecule has 1 unspecified atom stereocenters. The first-order chi connectivity index (χ1) is 20.8. The lowest BCUT2D eigenvalue weighted by Gasteiger charge is -2.25. The molecule has 3 heterocycles. The molecule has 2 aliphatic heterocycles. The number of nitrogens with zero attached hydrogens (tertiary/aromatic N) is 2. The maximum atomic E-state index is 14.0. The summed E-state index contributed by atoms with van der Waals surface area (Å²) in [6.45, 7) is 7.66. The Bertz CT molecular complexity index is 1910. The first-order valence-corrected chi connectivity index (χ1v) is 15.8. The number of anilines is 2. The number of sulfone groups is 1. The summed E-state index contributed by atoms with van der Waals surface area (Å²) >= 11 is 0. The van der Waals surface area contributed by atoms with Crippen LogP contribution in [0.3, 0.4) is 0 Å². The monoisotopic (exact) mass is 616 g/mol. The van der Waals surface area contributed by atoms with Crippen molar-refractivity contribution < 1.29 is 18.0 Å². The van der Waals surface area contributed by atoms with E-state index in [1.807, 2.05) is 37.9 Å². The van der Waals surface area contributed by atoms with Gasteiger partial charge in [-0.25, -0.2) is 13.4 Å². The molecule has 2 aliphatic rings. The highest BCUT2D eigenvalue weighted by Gasteiger charge is 2.27. The molecule has 0 fully saturated rings. The molecule has 11 nitrogen and oxygen atoms in total. The SMILES string of the molecule is Cc1cc2cc(C)c1CN(C)CC(=O)Nc1ccc(S(=O)(=O)C(C)C)c(c1)CNC(=O)C2Nc1ccc2nc[nH]c(=O)c2c1. The van der Waals surface area contributed by atoms with Crippen LogP contribution in [0.1, 0.15) is 47.7 Å². The number of aromatic nitrogens is 2. The number of carbonyl (C=O) groups is 2. The van der Waals surface area contributed by atoms with Gasteiger partial charge < -0.3 is 20.9 Å². The third kappa shape index (κ3) is 6.36. The van der Waals surface area contributed by atoms with Crippen molar-refractivity contribution in [3.8, 4) is 0 Å². The van der Waals surface area contributed by atoms with Gasteiger partial charge in [0.15, 0.2) is 9.84 Å². The van der Waals surface area contributed by atoms with Gasteiger partial charge in [0, 0.05) is 24.5 Å². The van der Waals surface area contributed by atoms with Crippen molar-refractivity contribution >= 4 is 43.9 Å². The topological polar surface area (TPSA) is 153 Å². The van der Waals surface area contributed by atoms with Gasteiger partial charge in [-0.1, -0.05) is 12.1 Å². The number of rotatable bonds is 4. The standard InChI is InChI=1S/C32H36N6O5S/c1-18(2)44(42,43)28-9-7-23-12-22(28)14-33-32(41)30(37-24-6-8-27-25(13-24)31(40)35-17-34-27)21-10-19(3)26(20(4)11-21)15-38(5)16-29(39)36-23/h6-13,17-18,30,37H,14-16H2,1-5H3,(H,33,41)(H,36,39)(H,34,35,40). The minimum atomic E-state index is -3.70. The van der Waals surface area contributed by atoms with Crippen LogP contribution in [0.5, 0.6) is 0 Å². The molecule has 1 aromatic heterocycles. The summed E-state index contributed by atoms with van der Waals surface area (Å²) in [5.74, 6) is -0.641. The Labute approximate surface area is 256 Å². The first-order valence-electron chi connectivity index (χ1n) is 14.3. The van der Waals surface area contributed by atoms with Crippen molar-refractivity contribution in [1.82, 2.24) is 20.2 Å². The summed E-state index contributed by atoms with van der Waals surface area (Å²) < 4.78 is 26.5. The minimum absolute atomic E-state index is 0.0887. The molecule has 12 heteroatoms. The lowest BCUT2D eigenvalue weighted by Crippen LogP contribution is -2.34. The molecule has 0 aliphatic carbocycles. The van der Waals surface area contributed by atoms with E-state index < -0.39 is 27.0 Å². The average Bonchev–Trinajstić information content (AvgIpc) is 2.96. The summed E-state index contributed by atoms with van der Waals surface area (Å²) in [5, 5.41) is 8.76. The fraction of sp³-hybridized carbons (Fsp3) is 0.312. The molecule has 230 valence electrons. The van der Waals surface area contributed by atoms with Gasteiger partial charge >= 0.3 is 0 Å². The smallest absolute Gasteiger partial charge is 0.258 e. The van der Waals surface area contributed by atoms with E-state index in [-0.39, 0.29) is 29.5 Å². The lowest BCUT2D eigenvalue weighted by molar-refractivity contribution is -0.122. The van der Waals surface area contributed by atoms with E-state index in [0.717, 1.165) is 16.7 Å². The molecule has 44 heavy (non-hydrogen) atoms. The molecule has 0 spiro atoms. The number of likely N-dealkylation sites (N-methyl/N-ethyl adjacent to an activating group) is 1. The van der Waals surface area contributed by atoms with Crippen LogP contribution < -0.4 is 21.5 Å². The van der Waals surface area contributed by atoms with Crippen molar-refractivity contribution in [1.29, 1.82) is 0 Å². The van der Waals surface area contributed by atoms with Gasteiger partial charge in [-0.2, -0.15) is 0 Å². The molecule has 0 saturated heterocycles. The number of aromatic amines is 1. The lowest BCUT2D eigenvalue weighted by atomic mass is 9.94. The molecule has 4 aromatic rings. The summed E-state index contributed by atoms with van der Waals surface area (Å²) in [7, 11) is -1.84. The molecule has 2 amide bonds.